The van der Waals surface area contributed by atoms with Crippen LogP contribution < -0.4 is 10.9 Å². The van der Waals surface area contributed by atoms with Crippen LogP contribution in [0.4, 0.5) is 0 Å². The number of hydrogen-bond donors (Lipinski definition) is 1. The minimum Gasteiger partial charge on any atom is -0.350 e. The number of aromatic nitrogens is 4. The molecule has 2 heterocycles. The molecule has 0 atom stereocenters. The van der Waals surface area contributed by atoms with Crippen LogP contribution in [0.3, 0.4) is 0 Å². The van der Waals surface area contributed by atoms with Crippen molar-refractivity contribution in [1.82, 2.24) is 24.9 Å². The van der Waals surface area contributed by atoms with Crippen molar-refractivity contribution in [1.29, 1.82) is 0 Å². The molecule has 2 aromatic heterocycles. The predicted molar refractivity (Wildman–Crippen MR) is 111 cm³/mol. The minimum atomic E-state index is -0.319. The van der Waals surface area contributed by atoms with Gasteiger partial charge in [0.1, 0.15) is 12.1 Å². The van der Waals surface area contributed by atoms with Gasteiger partial charge in [0.2, 0.25) is 5.91 Å². The van der Waals surface area contributed by atoms with Crippen molar-refractivity contribution in [2.45, 2.75) is 26.9 Å². The van der Waals surface area contributed by atoms with E-state index in [9.17, 15) is 9.59 Å². The maximum absolute atomic E-state index is 13.0. The third kappa shape index (κ3) is 3.67. The van der Waals surface area contributed by atoms with E-state index in [0.717, 1.165) is 16.9 Å². The van der Waals surface area contributed by atoms with E-state index in [1.54, 1.807) is 11.6 Å². The van der Waals surface area contributed by atoms with Crippen molar-refractivity contribution < 1.29 is 4.79 Å². The van der Waals surface area contributed by atoms with Crippen molar-refractivity contribution in [2.75, 3.05) is 0 Å². The standard InChI is InChI=1S/C22H21N5O2/c1-15-21-20(16(2)27(25-21)18-11-7-4-8-12-18)22(29)26(24-15)14-19(28)23-13-17-9-5-3-6-10-17/h3-12H,13-14H2,1-2H3,(H,23,28). The molecule has 0 aliphatic rings. The molecule has 0 fully saturated rings. The van der Waals surface area contributed by atoms with E-state index in [4.69, 9.17) is 0 Å². The molecule has 7 nitrogen and oxygen atoms in total. The fraction of sp³-hybridized carbons (Fsp3) is 0.182. The Morgan fingerprint density at radius 2 is 1.62 bits per heavy atom. The Kier molecular flexibility index (Phi) is 4.95. The van der Waals surface area contributed by atoms with E-state index >= 15 is 0 Å². The van der Waals surface area contributed by atoms with Gasteiger partial charge in [-0.15, -0.1) is 0 Å². The Hall–Kier alpha value is -3.74. The highest BCUT2D eigenvalue weighted by atomic mass is 16.2. The zero-order valence-corrected chi connectivity index (χ0v) is 16.3. The van der Waals surface area contributed by atoms with Gasteiger partial charge in [0.15, 0.2) is 0 Å². The van der Waals surface area contributed by atoms with E-state index in [0.29, 0.717) is 23.1 Å². The quantitative estimate of drug-likeness (QED) is 0.570. The molecular formula is C22H21N5O2. The summed E-state index contributed by atoms with van der Waals surface area (Å²) in [6.45, 7) is 3.91. The summed E-state index contributed by atoms with van der Waals surface area (Å²) < 4.78 is 2.95. The second-order valence-corrected chi connectivity index (χ2v) is 6.87. The largest absolute Gasteiger partial charge is 0.350 e. The van der Waals surface area contributed by atoms with E-state index in [1.165, 1.54) is 4.68 Å². The highest BCUT2D eigenvalue weighted by molar-refractivity contribution is 5.83. The van der Waals surface area contributed by atoms with Crippen molar-refractivity contribution >= 4 is 16.8 Å². The lowest BCUT2D eigenvalue weighted by molar-refractivity contribution is -0.122. The summed E-state index contributed by atoms with van der Waals surface area (Å²) in [6.07, 6.45) is 0. The van der Waals surface area contributed by atoms with Crippen LogP contribution in [0.5, 0.6) is 0 Å². The van der Waals surface area contributed by atoms with E-state index in [2.05, 4.69) is 15.5 Å². The smallest absolute Gasteiger partial charge is 0.278 e. The summed E-state index contributed by atoms with van der Waals surface area (Å²) in [4.78, 5) is 25.4. The average Bonchev–Trinajstić information content (AvgIpc) is 3.10. The molecule has 0 radical (unpaired) electrons. The molecule has 0 spiro atoms. The van der Waals surface area contributed by atoms with Gasteiger partial charge in [-0.3, -0.25) is 9.59 Å². The normalized spacial score (nSPS) is 11.0. The van der Waals surface area contributed by atoms with Crippen LogP contribution in [0, 0.1) is 13.8 Å². The molecule has 4 aromatic rings. The van der Waals surface area contributed by atoms with Gasteiger partial charge in [-0.2, -0.15) is 10.2 Å². The van der Waals surface area contributed by atoms with Crippen LogP contribution in [0.1, 0.15) is 17.0 Å². The van der Waals surface area contributed by atoms with E-state index < -0.39 is 0 Å². The van der Waals surface area contributed by atoms with Crippen LogP contribution in [-0.4, -0.2) is 25.5 Å². The van der Waals surface area contributed by atoms with Gasteiger partial charge >= 0.3 is 0 Å². The molecule has 0 aliphatic heterocycles. The lowest BCUT2D eigenvalue weighted by Gasteiger charge is -2.08. The molecule has 146 valence electrons. The second-order valence-electron chi connectivity index (χ2n) is 6.87. The molecule has 1 amide bonds. The number of para-hydroxylation sites is 1. The van der Waals surface area contributed by atoms with Gasteiger partial charge in [-0.25, -0.2) is 9.36 Å². The average molecular weight is 387 g/mol. The number of rotatable bonds is 5. The molecule has 4 rings (SSSR count). The van der Waals surface area contributed by atoms with Crippen LogP contribution in [-0.2, 0) is 17.9 Å². The summed E-state index contributed by atoms with van der Waals surface area (Å²) in [5, 5.41) is 12.2. The van der Waals surface area contributed by atoms with E-state index in [-0.39, 0.29) is 18.0 Å². The van der Waals surface area contributed by atoms with Gasteiger partial charge in [-0.1, -0.05) is 48.5 Å². The summed E-state index contributed by atoms with van der Waals surface area (Å²) in [7, 11) is 0. The van der Waals surface area contributed by atoms with Gasteiger partial charge in [-0.05, 0) is 31.5 Å². The molecule has 0 aliphatic carbocycles. The fourth-order valence-electron chi connectivity index (χ4n) is 3.33. The minimum absolute atomic E-state index is 0.140. The predicted octanol–water partition coefficient (Wildman–Crippen LogP) is 2.52. The number of amides is 1. The molecule has 7 heteroatoms. The molecule has 0 saturated carbocycles. The molecule has 0 bridgehead atoms. The van der Waals surface area contributed by atoms with Crippen LogP contribution >= 0.6 is 0 Å². The van der Waals surface area contributed by atoms with Crippen LogP contribution in [0.25, 0.3) is 16.6 Å². The molecule has 0 unspecified atom stereocenters. The second kappa shape index (κ2) is 7.71. The third-order valence-electron chi connectivity index (χ3n) is 4.80. The molecule has 29 heavy (non-hydrogen) atoms. The Morgan fingerprint density at radius 3 is 2.31 bits per heavy atom. The maximum atomic E-state index is 13.0. The fourth-order valence-corrected chi connectivity index (χ4v) is 3.33. The number of benzene rings is 2. The topological polar surface area (TPSA) is 81.8 Å². The Morgan fingerprint density at radius 1 is 0.966 bits per heavy atom. The first-order valence-corrected chi connectivity index (χ1v) is 9.37. The molecular weight excluding hydrogens is 366 g/mol. The van der Waals surface area contributed by atoms with Gasteiger partial charge in [0.05, 0.1) is 22.5 Å². The summed E-state index contributed by atoms with van der Waals surface area (Å²) in [6, 6.07) is 19.2. The van der Waals surface area contributed by atoms with Crippen LogP contribution in [0.15, 0.2) is 65.5 Å². The zero-order chi connectivity index (χ0) is 20.4. The lowest BCUT2D eigenvalue weighted by Crippen LogP contribution is -2.33. The van der Waals surface area contributed by atoms with Gasteiger partial charge in [0, 0.05) is 6.54 Å². The third-order valence-corrected chi connectivity index (χ3v) is 4.80. The molecule has 2 aromatic carbocycles. The van der Waals surface area contributed by atoms with Crippen molar-refractivity contribution in [3.05, 3.63) is 88.0 Å². The number of fused-ring (bicyclic) bond motifs is 1. The SMILES string of the molecule is Cc1nn(CC(=O)NCc2ccccc2)c(=O)c2c(C)n(-c3ccccc3)nc12. The first-order chi connectivity index (χ1) is 14.0. The number of nitrogens with zero attached hydrogens (tertiary/aromatic N) is 4. The number of carbonyl (C=O) groups excluding carboxylic acids is 1. The van der Waals surface area contributed by atoms with Crippen LogP contribution in [0.2, 0.25) is 0 Å². The Bertz CT molecular complexity index is 1230. The number of carbonyl (C=O) groups is 1. The zero-order valence-electron chi connectivity index (χ0n) is 16.3. The maximum Gasteiger partial charge on any atom is 0.278 e. The monoisotopic (exact) mass is 387 g/mol. The summed E-state index contributed by atoms with van der Waals surface area (Å²) in [5.41, 5.74) is 3.42. The molecule has 1 N–H and O–H groups in total. The Balaban J connectivity index is 1.64. The highest BCUT2D eigenvalue weighted by Crippen LogP contribution is 2.19. The number of nitrogens with one attached hydrogen (secondary N) is 1. The highest BCUT2D eigenvalue weighted by Gasteiger charge is 2.18. The van der Waals surface area contributed by atoms with Gasteiger partial charge in [0.25, 0.3) is 5.56 Å². The lowest BCUT2D eigenvalue weighted by atomic mass is 10.2. The first kappa shape index (κ1) is 18.6. The number of aryl methyl sites for hydroxylation is 2. The van der Waals surface area contributed by atoms with Crippen molar-refractivity contribution in [3.8, 4) is 5.69 Å². The first-order valence-electron chi connectivity index (χ1n) is 9.37. The Labute approximate surface area is 167 Å². The number of hydrogen-bond acceptors (Lipinski definition) is 4. The van der Waals surface area contributed by atoms with Crippen molar-refractivity contribution in [3.63, 3.8) is 0 Å². The van der Waals surface area contributed by atoms with Gasteiger partial charge < -0.3 is 5.32 Å². The van der Waals surface area contributed by atoms with Crippen molar-refractivity contribution in [2.24, 2.45) is 0 Å². The summed E-state index contributed by atoms with van der Waals surface area (Å²) in [5.74, 6) is -0.268. The summed E-state index contributed by atoms with van der Waals surface area (Å²) >= 11 is 0. The molecule has 0 saturated heterocycles. The van der Waals surface area contributed by atoms with E-state index in [1.807, 2.05) is 67.6 Å².